The van der Waals surface area contributed by atoms with Crippen molar-refractivity contribution in [2.75, 3.05) is 24.2 Å². The zero-order valence-corrected chi connectivity index (χ0v) is 14.0. The minimum absolute atomic E-state index is 0.0330. The molecule has 0 spiro atoms. The van der Waals surface area contributed by atoms with Crippen LogP contribution in [0.1, 0.15) is 33.6 Å². The second-order valence-corrected chi connectivity index (χ2v) is 7.20. The molecule has 0 radical (unpaired) electrons. The molecule has 6 heteroatoms. The number of piperidine rings is 1. The summed E-state index contributed by atoms with van der Waals surface area (Å²) in [5.74, 6) is 1.10. The van der Waals surface area contributed by atoms with Gasteiger partial charge in [0.1, 0.15) is 5.82 Å². The highest BCUT2D eigenvalue weighted by atomic mass is 32.2. The van der Waals surface area contributed by atoms with Gasteiger partial charge in [-0.05, 0) is 45.9 Å². The van der Waals surface area contributed by atoms with Crippen LogP contribution in [0.5, 0.6) is 0 Å². The second-order valence-electron chi connectivity index (χ2n) is 6.43. The molecule has 1 aromatic heterocycles. The molecule has 1 amide bonds. The molecule has 1 unspecified atom stereocenters. The van der Waals surface area contributed by atoms with E-state index < -0.39 is 0 Å². The van der Waals surface area contributed by atoms with Gasteiger partial charge < -0.3 is 10.2 Å². The van der Waals surface area contributed by atoms with E-state index in [1.54, 1.807) is 6.20 Å². The van der Waals surface area contributed by atoms with E-state index in [0.29, 0.717) is 0 Å². The third-order valence-corrected chi connectivity index (χ3v) is 3.98. The summed E-state index contributed by atoms with van der Waals surface area (Å²) in [6.45, 7) is 7.72. The Kier molecular flexibility index (Phi) is 5.08. The molecule has 0 aromatic carbocycles. The second kappa shape index (κ2) is 6.64. The monoisotopic (exact) mass is 308 g/mol. The number of carbonyl (C=O) groups is 1. The van der Waals surface area contributed by atoms with Crippen LogP contribution in [0, 0.1) is 5.92 Å². The molecule has 1 aromatic rings. The van der Waals surface area contributed by atoms with Crippen LogP contribution in [0.25, 0.3) is 0 Å². The van der Waals surface area contributed by atoms with Gasteiger partial charge in [0.15, 0.2) is 5.16 Å². The van der Waals surface area contributed by atoms with Gasteiger partial charge in [-0.2, -0.15) is 0 Å². The predicted molar refractivity (Wildman–Crippen MR) is 86.6 cm³/mol. The Morgan fingerprint density at radius 2 is 2.24 bits per heavy atom. The molecule has 1 saturated heterocycles. The molecule has 21 heavy (non-hydrogen) atoms. The van der Waals surface area contributed by atoms with E-state index in [2.05, 4.69) is 20.2 Å². The van der Waals surface area contributed by atoms with Gasteiger partial charge in [-0.25, -0.2) is 9.97 Å². The summed E-state index contributed by atoms with van der Waals surface area (Å²) in [6, 6.07) is 1.92. The molecule has 5 nitrogen and oxygen atoms in total. The van der Waals surface area contributed by atoms with Crippen molar-refractivity contribution < 1.29 is 4.79 Å². The van der Waals surface area contributed by atoms with Gasteiger partial charge in [0.25, 0.3) is 0 Å². The third kappa shape index (κ3) is 4.59. The standard InChI is InChI=1S/C15H24N4OS/c1-15(2,3)18-13(20)11-6-5-9-19(10-11)12-7-8-16-14(17-12)21-4/h7-8,11H,5-6,9-10H2,1-4H3,(H,18,20). The maximum Gasteiger partial charge on any atom is 0.225 e. The summed E-state index contributed by atoms with van der Waals surface area (Å²) in [5, 5.41) is 3.85. The van der Waals surface area contributed by atoms with Crippen LogP contribution in [0.2, 0.25) is 0 Å². The Hall–Kier alpha value is -1.30. The minimum Gasteiger partial charge on any atom is -0.356 e. The van der Waals surface area contributed by atoms with Crippen molar-refractivity contribution in [3.05, 3.63) is 12.3 Å². The van der Waals surface area contributed by atoms with E-state index >= 15 is 0 Å². The lowest BCUT2D eigenvalue weighted by Crippen LogP contribution is -2.48. The molecule has 0 aliphatic carbocycles. The largest absolute Gasteiger partial charge is 0.356 e. The Labute approximate surface area is 130 Å². The van der Waals surface area contributed by atoms with Crippen molar-refractivity contribution in [2.24, 2.45) is 5.92 Å². The lowest BCUT2D eigenvalue weighted by Gasteiger charge is -2.34. The fourth-order valence-corrected chi connectivity index (χ4v) is 2.83. The van der Waals surface area contributed by atoms with E-state index in [9.17, 15) is 4.79 Å². The van der Waals surface area contributed by atoms with Gasteiger partial charge in [-0.1, -0.05) is 11.8 Å². The van der Waals surface area contributed by atoms with E-state index in [1.807, 2.05) is 33.1 Å². The zero-order valence-electron chi connectivity index (χ0n) is 13.2. The van der Waals surface area contributed by atoms with Crippen molar-refractivity contribution in [1.82, 2.24) is 15.3 Å². The van der Waals surface area contributed by atoms with Crippen LogP contribution in [0.15, 0.2) is 17.4 Å². The topological polar surface area (TPSA) is 58.1 Å². The number of hydrogen-bond acceptors (Lipinski definition) is 5. The first kappa shape index (κ1) is 16.1. The number of anilines is 1. The molecular formula is C15H24N4OS. The molecule has 1 N–H and O–H groups in total. The molecular weight excluding hydrogens is 284 g/mol. The number of nitrogens with zero attached hydrogens (tertiary/aromatic N) is 3. The quantitative estimate of drug-likeness (QED) is 0.686. The van der Waals surface area contributed by atoms with Gasteiger partial charge >= 0.3 is 0 Å². The average Bonchev–Trinajstić information content (AvgIpc) is 2.46. The maximum absolute atomic E-state index is 12.3. The summed E-state index contributed by atoms with van der Waals surface area (Å²) in [4.78, 5) is 23.3. The normalized spacial score (nSPS) is 19.4. The van der Waals surface area contributed by atoms with Gasteiger partial charge in [0.2, 0.25) is 5.91 Å². The summed E-state index contributed by atoms with van der Waals surface area (Å²) in [7, 11) is 0. The summed E-state index contributed by atoms with van der Waals surface area (Å²) >= 11 is 1.53. The van der Waals surface area contributed by atoms with Crippen LogP contribution in [0.4, 0.5) is 5.82 Å². The third-order valence-electron chi connectivity index (χ3n) is 3.42. The highest BCUT2D eigenvalue weighted by molar-refractivity contribution is 7.98. The minimum atomic E-state index is -0.180. The van der Waals surface area contributed by atoms with Crippen LogP contribution in [-0.2, 0) is 4.79 Å². The Morgan fingerprint density at radius 3 is 2.90 bits per heavy atom. The first-order valence-electron chi connectivity index (χ1n) is 7.33. The smallest absolute Gasteiger partial charge is 0.225 e. The number of aromatic nitrogens is 2. The van der Waals surface area contributed by atoms with E-state index in [4.69, 9.17) is 0 Å². The van der Waals surface area contributed by atoms with E-state index in [0.717, 1.165) is 36.9 Å². The van der Waals surface area contributed by atoms with Crippen LogP contribution >= 0.6 is 11.8 Å². The van der Waals surface area contributed by atoms with Gasteiger partial charge in [-0.3, -0.25) is 4.79 Å². The molecule has 2 heterocycles. The lowest BCUT2D eigenvalue weighted by atomic mass is 9.95. The number of nitrogens with one attached hydrogen (secondary N) is 1. The Bertz CT molecular complexity index is 501. The van der Waals surface area contributed by atoms with Crippen molar-refractivity contribution in [1.29, 1.82) is 0 Å². The molecule has 1 aliphatic heterocycles. The molecule has 0 bridgehead atoms. The van der Waals surface area contributed by atoms with Gasteiger partial charge in [-0.15, -0.1) is 0 Å². The van der Waals surface area contributed by atoms with Crippen LogP contribution < -0.4 is 10.2 Å². The van der Waals surface area contributed by atoms with Crippen molar-refractivity contribution in [3.8, 4) is 0 Å². The molecule has 1 atom stereocenters. The van der Waals surface area contributed by atoms with E-state index in [-0.39, 0.29) is 17.4 Å². The molecule has 1 aliphatic rings. The SMILES string of the molecule is CSc1nccc(N2CCCC(C(=O)NC(C)(C)C)C2)n1. The number of hydrogen-bond donors (Lipinski definition) is 1. The fraction of sp³-hybridized carbons (Fsp3) is 0.667. The first-order valence-corrected chi connectivity index (χ1v) is 8.55. The summed E-state index contributed by atoms with van der Waals surface area (Å²) < 4.78 is 0. The van der Waals surface area contributed by atoms with Crippen LogP contribution in [-0.4, -0.2) is 40.8 Å². The lowest BCUT2D eigenvalue weighted by molar-refractivity contribution is -0.126. The summed E-state index contributed by atoms with van der Waals surface area (Å²) in [5.41, 5.74) is -0.180. The number of thioether (sulfide) groups is 1. The highest BCUT2D eigenvalue weighted by Gasteiger charge is 2.28. The number of carbonyl (C=O) groups excluding carboxylic acids is 1. The van der Waals surface area contributed by atoms with Crippen molar-refractivity contribution >= 4 is 23.5 Å². The van der Waals surface area contributed by atoms with Crippen molar-refractivity contribution in [2.45, 2.75) is 44.3 Å². The Balaban J connectivity index is 2.04. The number of rotatable bonds is 3. The highest BCUT2D eigenvalue weighted by Crippen LogP contribution is 2.23. The van der Waals surface area contributed by atoms with Crippen LogP contribution in [0.3, 0.4) is 0 Å². The molecule has 0 saturated carbocycles. The average molecular weight is 308 g/mol. The number of amides is 1. The molecule has 2 rings (SSSR count). The molecule has 1 fully saturated rings. The Morgan fingerprint density at radius 1 is 1.48 bits per heavy atom. The van der Waals surface area contributed by atoms with E-state index in [1.165, 1.54) is 11.8 Å². The predicted octanol–water partition coefficient (Wildman–Crippen LogP) is 2.33. The fourth-order valence-electron chi connectivity index (χ4n) is 2.48. The molecule has 116 valence electrons. The summed E-state index contributed by atoms with van der Waals surface area (Å²) in [6.07, 6.45) is 5.71. The zero-order chi connectivity index (χ0) is 15.5. The maximum atomic E-state index is 12.3. The first-order chi connectivity index (χ1) is 9.89. The van der Waals surface area contributed by atoms with Gasteiger partial charge in [0, 0.05) is 24.8 Å². The van der Waals surface area contributed by atoms with Crippen molar-refractivity contribution in [3.63, 3.8) is 0 Å². The van der Waals surface area contributed by atoms with Gasteiger partial charge in [0.05, 0.1) is 5.92 Å².